The highest BCUT2D eigenvalue weighted by molar-refractivity contribution is 7.96. The summed E-state index contributed by atoms with van der Waals surface area (Å²) in [6, 6.07) is -0.458. The molecule has 5 nitrogen and oxygen atoms in total. The molecule has 0 aromatic rings. The van der Waals surface area contributed by atoms with E-state index in [0.717, 1.165) is 6.26 Å². The van der Waals surface area contributed by atoms with Crippen molar-refractivity contribution in [3.05, 3.63) is 0 Å². The molecule has 1 rings (SSSR count). The fourth-order valence-electron chi connectivity index (χ4n) is 1.51. The Balaban J connectivity index is 3.01. The summed E-state index contributed by atoms with van der Waals surface area (Å²) in [5.41, 5.74) is 0. The minimum absolute atomic E-state index is 0.0821. The molecule has 0 radical (unpaired) electrons. The largest absolute Gasteiger partial charge is 0.315 e. The molecule has 0 saturated carbocycles. The molecule has 2 unspecified atom stereocenters. The second kappa shape index (κ2) is 3.21. The maximum atomic E-state index is 11.2. The SMILES string of the molecule is CNC1CS(=O)(=O)CC1S(C)(=O)=O. The van der Waals surface area contributed by atoms with Crippen LogP contribution >= 0.6 is 0 Å². The first kappa shape index (κ1) is 10.9. The van der Waals surface area contributed by atoms with Crippen LogP contribution in [0.15, 0.2) is 0 Å². The second-order valence-electron chi connectivity index (χ2n) is 3.34. The van der Waals surface area contributed by atoms with Crippen molar-refractivity contribution in [2.75, 3.05) is 24.8 Å². The summed E-state index contributed by atoms with van der Waals surface area (Å²) in [4.78, 5) is 0. The van der Waals surface area contributed by atoms with Crippen LogP contribution in [-0.4, -0.2) is 52.9 Å². The van der Waals surface area contributed by atoms with Crippen molar-refractivity contribution in [1.82, 2.24) is 5.32 Å². The lowest BCUT2D eigenvalue weighted by Gasteiger charge is -2.14. The molecule has 1 saturated heterocycles. The molecule has 1 aliphatic rings. The summed E-state index contributed by atoms with van der Waals surface area (Å²) < 4.78 is 44.7. The molecule has 0 spiro atoms. The molecule has 13 heavy (non-hydrogen) atoms. The van der Waals surface area contributed by atoms with Gasteiger partial charge in [-0.2, -0.15) is 0 Å². The van der Waals surface area contributed by atoms with Crippen LogP contribution in [0.3, 0.4) is 0 Å². The summed E-state index contributed by atoms with van der Waals surface area (Å²) in [6.45, 7) is 0. The van der Waals surface area contributed by atoms with Crippen LogP contribution in [0.5, 0.6) is 0 Å². The van der Waals surface area contributed by atoms with E-state index in [4.69, 9.17) is 0 Å². The van der Waals surface area contributed by atoms with Gasteiger partial charge in [-0.1, -0.05) is 0 Å². The zero-order valence-electron chi connectivity index (χ0n) is 7.52. The molecular weight excluding hydrogens is 214 g/mol. The lowest BCUT2D eigenvalue weighted by molar-refractivity contribution is 0.558. The van der Waals surface area contributed by atoms with Gasteiger partial charge in [0, 0.05) is 12.3 Å². The predicted octanol–water partition coefficient (Wildman–Crippen LogP) is -1.58. The van der Waals surface area contributed by atoms with Gasteiger partial charge in [0.25, 0.3) is 0 Å². The summed E-state index contributed by atoms with van der Waals surface area (Å²) in [6.07, 6.45) is 1.07. The van der Waals surface area contributed by atoms with Gasteiger partial charge in [0.15, 0.2) is 19.7 Å². The molecule has 0 aromatic heterocycles. The van der Waals surface area contributed by atoms with Crippen molar-refractivity contribution in [3.63, 3.8) is 0 Å². The first-order chi connectivity index (χ1) is 5.76. The van der Waals surface area contributed by atoms with Gasteiger partial charge in [-0.25, -0.2) is 16.8 Å². The first-order valence-electron chi connectivity index (χ1n) is 3.83. The number of hydrogen-bond acceptors (Lipinski definition) is 5. The first-order valence-corrected chi connectivity index (χ1v) is 7.60. The molecule has 0 amide bonds. The highest BCUT2D eigenvalue weighted by Gasteiger charge is 2.42. The van der Waals surface area contributed by atoms with E-state index >= 15 is 0 Å². The maximum Gasteiger partial charge on any atom is 0.153 e. The highest BCUT2D eigenvalue weighted by Crippen LogP contribution is 2.18. The number of sulfone groups is 2. The van der Waals surface area contributed by atoms with Gasteiger partial charge in [-0.05, 0) is 7.05 Å². The fourth-order valence-corrected chi connectivity index (χ4v) is 5.88. The zero-order valence-corrected chi connectivity index (χ0v) is 9.15. The standard InChI is InChI=1S/C6H13NO4S2/c1-7-5-3-13(10,11)4-6(5)12(2,8)9/h5-7H,3-4H2,1-2H3. The molecule has 1 N–H and O–H groups in total. The summed E-state index contributed by atoms with van der Waals surface area (Å²) in [5, 5.41) is 1.93. The average molecular weight is 227 g/mol. The third-order valence-corrected chi connectivity index (χ3v) is 5.76. The number of rotatable bonds is 2. The summed E-state index contributed by atoms with van der Waals surface area (Å²) in [7, 11) is -4.88. The average Bonchev–Trinajstić information content (AvgIpc) is 2.24. The van der Waals surface area contributed by atoms with Crippen molar-refractivity contribution < 1.29 is 16.8 Å². The van der Waals surface area contributed by atoms with Crippen molar-refractivity contribution >= 4 is 19.7 Å². The molecule has 1 aliphatic heterocycles. The minimum Gasteiger partial charge on any atom is -0.315 e. The highest BCUT2D eigenvalue weighted by atomic mass is 32.2. The van der Waals surface area contributed by atoms with Crippen molar-refractivity contribution in [1.29, 1.82) is 0 Å². The van der Waals surface area contributed by atoms with Crippen LogP contribution in [0.25, 0.3) is 0 Å². The Kier molecular flexibility index (Phi) is 2.70. The topological polar surface area (TPSA) is 80.3 Å². The third-order valence-electron chi connectivity index (χ3n) is 2.22. The van der Waals surface area contributed by atoms with Crippen LogP contribution in [0.1, 0.15) is 0 Å². The van der Waals surface area contributed by atoms with Gasteiger partial charge >= 0.3 is 0 Å². The minimum atomic E-state index is -3.28. The molecule has 0 bridgehead atoms. The number of nitrogens with one attached hydrogen (secondary N) is 1. The molecule has 78 valence electrons. The van der Waals surface area contributed by atoms with Gasteiger partial charge < -0.3 is 5.32 Å². The molecule has 1 fully saturated rings. The molecule has 0 aliphatic carbocycles. The van der Waals surface area contributed by atoms with E-state index in [-0.39, 0.29) is 11.5 Å². The Bertz CT molecular complexity index is 383. The van der Waals surface area contributed by atoms with E-state index in [1.807, 2.05) is 0 Å². The van der Waals surface area contributed by atoms with E-state index in [1.165, 1.54) is 0 Å². The molecular formula is C6H13NO4S2. The Morgan fingerprint density at radius 1 is 1.31 bits per heavy atom. The van der Waals surface area contributed by atoms with Crippen LogP contribution < -0.4 is 5.32 Å². The van der Waals surface area contributed by atoms with E-state index in [2.05, 4.69) is 5.32 Å². The predicted molar refractivity (Wildman–Crippen MR) is 50.1 cm³/mol. The van der Waals surface area contributed by atoms with E-state index in [1.54, 1.807) is 7.05 Å². The lowest BCUT2D eigenvalue weighted by Crippen LogP contribution is -2.40. The smallest absolute Gasteiger partial charge is 0.153 e. The van der Waals surface area contributed by atoms with Crippen LogP contribution in [0.4, 0.5) is 0 Å². The van der Waals surface area contributed by atoms with Gasteiger partial charge in [-0.3, -0.25) is 0 Å². The monoisotopic (exact) mass is 227 g/mol. The Hall–Kier alpha value is -0.140. The van der Waals surface area contributed by atoms with E-state index in [0.29, 0.717) is 0 Å². The normalized spacial score (nSPS) is 33.4. The fraction of sp³-hybridized carbons (Fsp3) is 1.00. The van der Waals surface area contributed by atoms with Gasteiger partial charge in [0.1, 0.15) is 0 Å². The van der Waals surface area contributed by atoms with Gasteiger partial charge in [0.2, 0.25) is 0 Å². The third kappa shape index (κ3) is 2.41. The second-order valence-corrected chi connectivity index (χ2v) is 7.76. The lowest BCUT2D eigenvalue weighted by atomic mass is 10.3. The van der Waals surface area contributed by atoms with Crippen molar-refractivity contribution in [2.24, 2.45) is 0 Å². The number of hydrogen-bond donors (Lipinski definition) is 1. The maximum absolute atomic E-state index is 11.2. The quantitative estimate of drug-likeness (QED) is 0.615. The molecule has 1 heterocycles. The van der Waals surface area contributed by atoms with Crippen LogP contribution in [0, 0.1) is 0 Å². The van der Waals surface area contributed by atoms with Gasteiger partial charge in [-0.15, -0.1) is 0 Å². The van der Waals surface area contributed by atoms with E-state index < -0.39 is 31.0 Å². The Labute approximate surface area is 78.4 Å². The van der Waals surface area contributed by atoms with Crippen molar-refractivity contribution in [3.8, 4) is 0 Å². The Morgan fingerprint density at radius 3 is 2.15 bits per heavy atom. The van der Waals surface area contributed by atoms with Crippen LogP contribution in [0.2, 0.25) is 0 Å². The molecule has 0 aromatic carbocycles. The van der Waals surface area contributed by atoms with Gasteiger partial charge in [0.05, 0.1) is 16.8 Å². The van der Waals surface area contributed by atoms with Crippen molar-refractivity contribution in [2.45, 2.75) is 11.3 Å². The summed E-state index contributed by atoms with van der Waals surface area (Å²) >= 11 is 0. The summed E-state index contributed by atoms with van der Waals surface area (Å²) in [5.74, 6) is -0.335. The van der Waals surface area contributed by atoms with Crippen LogP contribution in [-0.2, 0) is 19.7 Å². The zero-order chi connectivity index (χ0) is 10.3. The van der Waals surface area contributed by atoms with E-state index in [9.17, 15) is 16.8 Å². The molecule has 7 heteroatoms. The Morgan fingerprint density at radius 2 is 1.85 bits per heavy atom. The molecule has 2 atom stereocenters.